The molecule has 2 heteroatoms. The first kappa shape index (κ1) is 12.0. The van der Waals surface area contributed by atoms with Crippen molar-refractivity contribution in [1.82, 2.24) is 4.90 Å². The van der Waals surface area contributed by atoms with Crippen LogP contribution in [0.2, 0.25) is 0 Å². The molecular weight excluding hydrogens is 172 g/mol. The molecule has 1 fully saturated rings. The van der Waals surface area contributed by atoms with E-state index in [9.17, 15) is 0 Å². The molecule has 0 aromatic carbocycles. The van der Waals surface area contributed by atoms with Crippen LogP contribution in [0.4, 0.5) is 0 Å². The Hall–Kier alpha value is -0.0800. The maximum atomic E-state index is 6.00. The standard InChI is InChI=1S/C12H26N2/c1-3-10-14(4-2)12(11-13)8-6-5-7-9-12/h3-11,13H2,1-2H3. The molecule has 1 saturated carbocycles. The molecule has 0 aliphatic heterocycles. The Morgan fingerprint density at radius 2 is 1.79 bits per heavy atom. The van der Waals surface area contributed by atoms with Crippen LogP contribution in [-0.2, 0) is 0 Å². The van der Waals surface area contributed by atoms with Gasteiger partial charge < -0.3 is 5.73 Å². The molecule has 1 aliphatic rings. The smallest absolute Gasteiger partial charge is 0.0331 e. The lowest BCUT2D eigenvalue weighted by Crippen LogP contribution is -2.55. The molecule has 0 heterocycles. The van der Waals surface area contributed by atoms with Crippen LogP contribution in [-0.4, -0.2) is 30.1 Å². The normalized spacial score (nSPS) is 21.4. The van der Waals surface area contributed by atoms with Gasteiger partial charge >= 0.3 is 0 Å². The molecule has 84 valence electrons. The second-order valence-corrected chi connectivity index (χ2v) is 4.57. The van der Waals surface area contributed by atoms with E-state index in [1.54, 1.807) is 0 Å². The molecule has 1 rings (SSSR count). The maximum absolute atomic E-state index is 6.00. The van der Waals surface area contributed by atoms with Crippen LogP contribution in [0.3, 0.4) is 0 Å². The summed E-state index contributed by atoms with van der Waals surface area (Å²) < 4.78 is 0. The van der Waals surface area contributed by atoms with Gasteiger partial charge in [-0.05, 0) is 32.4 Å². The Labute approximate surface area is 88.8 Å². The molecule has 0 bridgehead atoms. The third kappa shape index (κ3) is 2.48. The summed E-state index contributed by atoms with van der Waals surface area (Å²) in [5.41, 5.74) is 6.35. The zero-order valence-corrected chi connectivity index (χ0v) is 9.89. The van der Waals surface area contributed by atoms with E-state index in [0.29, 0.717) is 5.54 Å². The number of nitrogens with zero attached hydrogens (tertiary/aromatic N) is 1. The van der Waals surface area contributed by atoms with Crippen molar-refractivity contribution in [1.29, 1.82) is 0 Å². The molecule has 0 radical (unpaired) electrons. The van der Waals surface area contributed by atoms with Gasteiger partial charge in [-0.2, -0.15) is 0 Å². The second-order valence-electron chi connectivity index (χ2n) is 4.57. The molecule has 0 saturated heterocycles. The molecule has 2 nitrogen and oxygen atoms in total. The first-order valence-electron chi connectivity index (χ1n) is 6.24. The first-order chi connectivity index (χ1) is 6.79. The Balaban J connectivity index is 2.63. The van der Waals surface area contributed by atoms with E-state index in [0.717, 1.165) is 13.1 Å². The summed E-state index contributed by atoms with van der Waals surface area (Å²) in [6.45, 7) is 7.75. The molecule has 0 aromatic heterocycles. The van der Waals surface area contributed by atoms with Crippen molar-refractivity contribution in [2.45, 2.75) is 57.9 Å². The molecule has 1 aliphatic carbocycles. The van der Waals surface area contributed by atoms with Crippen LogP contribution < -0.4 is 5.73 Å². The molecule has 0 spiro atoms. The number of rotatable bonds is 5. The van der Waals surface area contributed by atoms with E-state index >= 15 is 0 Å². The van der Waals surface area contributed by atoms with Crippen molar-refractivity contribution in [3.63, 3.8) is 0 Å². The van der Waals surface area contributed by atoms with Gasteiger partial charge in [-0.15, -0.1) is 0 Å². The maximum Gasteiger partial charge on any atom is 0.0331 e. The zero-order valence-electron chi connectivity index (χ0n) is 9.89. The number of nitrogens with two attached hydrogens (primary N) is 1. The Morgan fingerprint density at radius 3 is 2.21 bits per heavy atom. The van der Waals surface area contributed by atoms with Crippen molar-refractivity contribution in [2.75, 3.05) is 19.6 Å². The fourth-order valence-electron chi connectivity index (χ4n) is 2.86. The zero-order chi connectivity index (χ0) is 10.4. The highest BCUT2D eigenvalue weighted by atomic mass is 15.2. The van der Waals surface area contributed by atoms with Crippen LogP contribution in [0.25, 0.3) is 0 Å². The van der Waals surface area contributed by atoms with Crippen molar-refractivity contribution < 1.29 is 0 Å². The highest BCUT2D eigenvalue weighted by Crippen LogP contribution is 2.32. The van der Waals surface area contributed by atoms with Gasteiger partial charge in [0, 0.05) is 12.1 Å². The van der Waals surface area contributed by atoms with Crippen molar-refractivity contribution in [2.24, 2.45) is 5.73 Å². The number of likely N-dealkylation sites (N-methyl/N-ethyl adjacent to an activating group) is 1. The molecule has 0 amide bonds. The van der Waals surface area contributed by atoms with Gasteiger partial charge in [0.1, 0.15) is 0 Å². The van der Waals surface area contributed by atoms with Gasteiger partial charge in [0.05, 0.1) is 0 Å². The van der Waals surface area contributed by atoms with Gasteiger partial charge in [-0.25, -0.2) is 0 Å². The Bertz CT molecular complexity index is 150. The lowest BCUT2D eigenvalue weighted by atomic mass is 9.80. The van der Waals surface area contributed by atoms with Gasteiger partial charge in [-0.3, -0.25) is 4.90 Å². The summed E-state index contributed by atoms with van der Waals surface area (Å²) in [5, 5.41) is 0. The quantitative estimate of drug-likeness (QED) is 0.735. The summed E-state index contributed by atoms with van der Waals surface area (Å²) in [4.78, 5) is 2.62. The first-order valence-corrected chi connectivity index (χ1v) is 6.24. The fourth-order valence-corrected chi connectivity index (χ4v) is 2.86. The lowest BCUT2D eigenvalue weighted by Gasteiger charge is -2.45. The van der Waals surface area contributed by atoms with Crippen LogP contribution >= 0.6 is 0 Å². The van der Waals surface area contributed by atoms with E-state index in [2.05, 4.69) is 18.7 Å². The number of hydrogen-bond donors (Lipinski definition) is 1. The molecular formula is C12H26N2. The van der Waals surface area contributed by atoms with Crippen LogP contribution in [0.1, 0.15) is 52.4 Å². The summed E-state index contributed by atoms with van der Waals surface area (Å²) in [5.74, 6) is 0. The highest BCUT2D eigenvalue weighted by molar-refractivity contribution is 4.93. The minimum atomic E-state index is 0.350. The van der Waals surface area contributed by atoms with E-state index in [-0.39, 0.29) is 0 Å². The van der Waals surface area contributed by atoms with Crippen molar-refractivity contribution in [3.8, 4) is 0 Å². The molecule has 0 unspecified atom stereocenters. The average molecular weight is 198 g/mol. The third-order valence-corrected chi connectivity index (χ3v) is 3.71. The lowest BCUT2D eigenvalue weighted by molar-refractivity contribution is 0.0619. The Kier molecular flexibility index (Phi) is 4.90. The predicted molar refractivity (Wildman–Crippen MR) is 62.4 cm³/mol. The van der Waals surface area contributed by atoms with Crippen LogP contribution in [0, 0.1) is 0 Å². The van der Waals surface area contributed by atoms with Gasteiger partial charge in [-0.1, -0.05) is 33.1 Å². The third-order valence-electron chi connectivity index (χ3n) is 3.71. The molecule has 0 atom stereocenters. The molecule has 2 N–H and O–H groups in total. The largest absolute Gasteiger partial charge is 0.329 e. The van der Waals surface area contributed by atoms with Gasteiger partial charge in [0.15, 0.2) is 0 Å². The average Bonchev–Trinajstić information content (AvgIpc) is 2.27. The topological polar surface area (TPSA) is 29.3 Å². The highest BCUT2D eigenvalue weighted by Gasteiger charge is 2.35. The Morgan fingerprint density at radius 1 is 1.14 bits per heavy atom. The van der Waals surface area contributed by atoms with E-state index in [4.69, 9.17) is 5.73 Å². The summed E-state index contributed by atoms with van der Waals surface area (Å²) in [7, 11) is 0. The van der Waals surface area contributed by atoms with E-state index in [1.807, 2.05) is 0 Å². The number of hydrogen-bond acceptors (Lipinski definition) is 2. The SMILES string of the molecule is CCCN(CC)C1(CN)CCCCC1. The van der Waals surface area contributed by atoms with Crippen molar-refractivity contribution in [3.05, 3.63) is 0 Å². The minimum Gasteiger partial charge on any atom is -0.329 e. The predicted octanol–water partition coefficient (Wildman–Crippen LogP) is 2.38. The van der Waals surface area contributed by atoms with E-state index < -0.39 is 0 Å². The summed E-state index contributed by atoms with van der Waals surface area (Å²) in [6.07, 6.45) is 8.03. The van der Waals surface area contributed by atoms with Gasteiger partial charge in [0.25, 0.3) is 0 Å². The fraction of sp³-hybridized carbons (Fsp3) is 1.00. The van der Waals surface area contributed by atoms with Crippen molar-refractivity contribution >= 4 is 0 Å². The van der Waals surface area contributed by atoms with Crippen LogP contribution in [0.15, 0.2) is 0 Å². The minimum absolute atomic E-state index is 0.350. The van der Waals surface area contributed by atoms with Crippen LogP contribution in [0.5, 0.6) is 0 Å². The second kappa shape index (κ2) is 5.72. The monoisotopic (exact) mass is 198 g/mol. The summed E-state index contributed by atoms with van der Waals surface area (Å²) in [6, 6.07) is 0. The van der Waals surface area contributed by atoms with E-state index in [1.165, 1.54) is 45.1 Å². The molecule has 0 aromatic rings. The van der Waals surface area contributed by atoms with Gasteiger partial charge in [0.2, 0.25) is 0 Å². The summed E-state index contributed by atoms with van der Waals surface area (Å²) >= 11 is 0. The molecule has 14 heavy (non-hydrogen) atoms.